The van der Waals surface area contributed by atoms with Crippen molar-refractivity contribution < 1.29 is 23.9 Å². The lowest BCUT2D eigenvalue weighted by atomic mass is 9.67. The van der Waals surface area contributed by atoms with E-state index in [0.717, 1.165) is 10.5 Å². The van der Waals surface area contributed by atoms with Crippen LogP contribution < -0.4 is 4.90 Å². The van der Waals surface area contributed by atoms with Gasteiger partial charge < -0.3 is 4.74 Å². The molecule has 32 heavy (non-hydrogen) atoms. The van der Waals surface area contributed by atoms with Gasteiger partial charge in [-0.05, 0) is 57.6 Å². The summed E-state index contributed by atoms with van der Waals surface area (Å²) in [5, 5.41) is 0. The number of benzene rings is 2. The van der Waals surface area contributed by atoms with E-state index in [2.05, 4.69) is 0 Å². The highest BCUT2D eigenvalue weighted by atomic mass is 16.6. The number of carbonyl (C=O) groups is 4. The van der Waals surface area contributed by atoms with Crippen LogP contribution in [-0.4, -0.2) is 29.2 Å². The van der Waals surface area contributed by atoms with Crippen LogP contribution in [0.25, 0.3) is 0 Å². The number of imide groups is 1. The summed E-state index contributed by atoms with van der Waals surface area (Å²) in [4.78, 5) is 53.7. The van der Waals surface area contributed by atoms with E-state index in [4.69, 9.17) is 4.74 Å². The largest absolute Gasteiger partial charge is 0.443 e. The van der Waals surface area contributed by atoms with Crippen molar-refractivity contribution in [1.29, 1.82) is 0 Å². The van der Waals surface area contributed by atoms with Gasteiger partial charge in [-0.15, -0.1) is 0 Å². The highest BCUT2D eigenvalue weighted by molar-refractivity contribution is 6.30. The zero-order chi connectivity index (χ0) is 23.3. The van der Waals surface area contributed by atoms with Crippen LogP contribution in [0, 0.1) is 6.92 Å². The van der Waals surface area contributed by atoms with Crippen LogP contribution in [0.3, 0.4) is 0 Å². The molecule has 1 unspecified atom stereocenters. The molecule has 6 nitrogen and oxygen atoms in total. The first-order valence-corrected chi connectivity index (χ1v) is 10.3. The first-order chi connectivity index (χ1) is 15.1. The summed E-state index contributed by atoms with van der Waals surface area (Å²) in [6.45, 7) is 6.99. The third kappa shape index (κ3) is 3.28. The van der Waals surface area contributed by atoms with Gasteiger partial charge in [-0.25, -0.2) is 9.69 Å². The van der Waals surface area contributed by atoms with Crippen molar-refractivity contribution >= 4 is 29.3 Å². The molecule has 2 aromatic carbocycles. The molecule has 0 bridgehead atoms. The first-order valence-electron chi connectivity index (χ1n) is 10.3. The lowest BCUT2D eigenvalue weighted by Gasteiger charge is -2.32. The summed E-state index contributed by atoms with van der Waals surface area (Å²) in [7, 11) is 0. The molecule has 1 atom stereocenters. The van der Waals surface area contributed by atoms with Gasteiger partial charge in [0.25, 0.3) is 5.91 Å². The topological polar surface area (TPSA) is 80.8 Å². The maximum absolute atomic E-state index is 14.2. The van der Waals surface area contributed by atoms with Gasteiger partial charge in [0.05, 0.1) is 5.69 Å². The molecule has 2 aliphatic rings. The number of fused-ring (bicyclic) bond motifs is 1. The maximum Gasteiger partial charge on any atom is 0.421 e. The molecule has 1 aliphatic heterocycles. The van der Waals surface area contributed by atoms with E-state index in [9.17, 15) is 19.2 Å². The number of ketones is 2. The van der Waals surface area contributed by atoms with Crippen LogP contribution >= 0.6 is 0 Å². The molecular weight excluding hydrogens is 406 g/mol. The molecule has 162 valence electrons. The smallest absolute Gasteiger partial charge is 0.421 e. The van der Waals surface area contributed by atoms with Crippen molar-refractivity contribution in [2.24, 2.45) is 0 Å². The van der Waals surface area contributed by atoms with E-state index < -0.39 is 34.6 Å². The van der Waals surface area contributed by atoms with E-state index in [1.54, 1.807) is 69.3 Å². The zero-order valence-electron chi connectivity index (χ0n) is 18.3. The van der Waals surface area contributed by atoms with Gasteiger partial charge in [0, 0.05) is 11.1 Å². The van der Waals surface area contributed by atoms with Crippen LogP contribution in [0.1, 0.15) is 37.5 Å². The van der Waals surface area contributed by atoms with Gasteiger partial charge in [0.15, 0.2) is 11.6 Å². The predicted molar refractivity (Wildman–Crippen MR) is 119 cm³/mol. The normalized spacial score (nSPS) is 20.3. The van der Waals surface area contributed by atoms with E-state index in [1.807, 2.05) is 6.92 Å². The molecule has 0 aromatic heterocycles. The number of carbonyl (C=O) groups excluding carboxylic acids is 4. The molecular formula is C26H23NO5. The fourth-order valence-corrected chi connectivity index (χ4v) is 4.21. The van der Waals surface area contributed by atoms with Crippen LogP contribution in [0.2, 0.25) is 0 Å². The van der Waals surface area contributed by atoms with Gasteiger partial charge in [-0.3, -0.25) is 14.4 Å². The number of ether oxygens (including phenoxy) is 1. The minimum absolute atomic E-state index is 0.0131. The third-order valence-electron chi connectivity index (χ3n) is 5.46. The van der Waals surface area contributed by atoms with E-state index in [-0.39, 0.29) is 5.57 Å². The van der Waals surface area contributed by atoms with Crippen molar-refractivity contribution in [3.05, 3.63) is 89.0 Å². The van der Waals surface area contributed by atoms with E-state index in [0.29, 0.717) is 16.8 Å². The average Bonchev–Trinajstić information content (AvgIpc) is 2.97. The second-order valence-corrected chi connectivity index (χ2v) is 8.92. The maximum atomic E-state index is 14.2. The SMILES string of the molecule is Cc1ccc2c(c1)C(C1=CC(=O)C=CC1=O)(c1ccccc1)C(=O)N2C(=O)OC(C)(C)C. The van der Waals surface area contributed by atoms with Crippen LogP contribution in [0.5, 0.6) is 0 Å². The summed E-state index contributed by atoms with van der Waals surface area (Å²) in [6.07, 6.45) is 2.70. The Hall–Kier alpha value is -3.80. The molecule has 6 heteroatoms. The zero-order valence-corrected chi connectivity index (χ0v) is 18.3. The van der Waals surface area contributed by atoms with Crippen molar-refractivity contribution in [1.82, 2.24) is 0 Å². The Kier molecular flexibility index (Phi) is 4.96. The van der Waals surface area contributed by atoms with Crippen molar-refractivity contribution in [2.45, 2.75) is 38.7 Å². The van der Waals surface area contributed by atoms with Crippen LogP contribution in [-0.2, 0) is 24.5 Å². The molecule has 1 aliphatic carbocycles. The summed E-state index contributed by atoms with van der Waals surface area (Å²) >= 11 is 0. The molecule has 0 N–H and O–H groups in total. The van der Waals surface area contributed by atoms with E-state index >= 15 is 0 Å². The second kappa shape index (κ2) is 7.41. The lowest BCUT2D eigenvalue weighted by molar-refractivity contribution is -0.122. The third-order valence-corrected chi connectivity index (χ3v) is 5.46. The van der Waals surface area contributed by atoms with Crippen molar-refractivity contribution in [3.8, 4) is 0 Å². The number of rotatable bonds is 2. The Bertz CT molecular complexity index is 1220. The predicted octanol–water partition coefficient (Wildman–Crippen LogP) is 4.20. The Morgan fingerprint density at radius 1 is 0.969 bits per heavy atom. The quantitative estimate of drug-likeness (QED) is 0.669. The minimum atomic E-state index is -1.66. The van der Waals surface area contributed by atoms with Crippen LogP contribution in [0.4, 0.5) is 10.5 Å². The Labute approximate surface area is 186 Å². The fraction of sp³-hybridized carbons (Fsp3) is 0.231. The van der Waals surface area contributed by atoms with Gasteiger partial charge in [0.2, 0.25) is 0 Å². The average molecular weight is 429 g/mol. The number of amides is 2. The number of nitrogens with zero attached hydrogens (tertiary/aromatic N) is 1. The Balaban J connectivity index is 2.06. The minimum Gasteiger partial charge on any atom is -0.443 e. The van der Waals surface area contributed by atoms with Gasteiger partial charge >= 0.3 is 6.09 Å². The van der Waals surface area contributed by atoms with E-state index in [1.165, 1.54) is 18.2 Å². The fourth-order valence-electron chi connectivity index (χ4n) is 4.21. The molecule has 1 heterocycles. The molecule has 0 saturated heterocycles. The number of aryl methyl sites for hydroxylation is 1. The van der Waals surface area contributed by atoms with Crippen LogP contribution in [0.15, 0.2) is 72.3 Å². The van der Waals surface area contributed by atoms with Gasteiger partial charge in [-0.1, -0.05) is 48.0 Å². The molecule has 0 spiro atoms. The van der Waals surface area contributed by atoms with Gasteiger partial charge in [0.1, 0.15) is 11.0 Å². The lowest BCUT2D eigenvalue weighted by Crippen LogP contribution is -2.48. The van der Waals surface area contributed by atoms with Crippen molar-refractivity contribution in [3.63, 3.8) is 0 Å². The van der Waals surface area contributed by atoms with Gasteiger partial charge in [-0.2, -0.15) is 0 Å². The summed E-state index contributed by atoms with van der Waals surface area (Å²) in [6, 6.07) is 14.0. The Morgan fingerprint density at radius 2 is 1.66 bits per heavy atom. The monoisotopic (exact) mass is 429 g/mol. The second-order valence-electron chi connectivity index (χ2n) is 8.92. The summed E-state index contributed by atoms with van der Waals surface area (Å²) in [5.41, 5.74) is -0.356. The number of hydrogen-bond donors (Lipinski definition) is 0. The summed E-state index contributed by atoms with van der Waals surface area (Å²) in [5.74, 6) is -1.51. The molecule has 0 radical (unpaired) electrons. The molecule has 0 saturated carbocycles. The molecule has 2 amide bonds. The number of hydrogen-bond acceptors (Lipinski definition) is 5. The summed E-state index contributed by atoms with van der Waals surface area (Å²) < 4.78 is 5.52. The molecule has 4 rings (SSSR count). The standard InChI is InChI=1S/C26H23NO5/c1-16-10-12-21-19(14-16)26(17-8-6-5-7-9-17,20-15-18(28)11-13-22(20)29)23(30)27(21)24(31)32-25(2,3)4/h5-15H,1-4H3. The number of allylic oxidation sites excluding steroid dienone is 3. The highest BCUT2D eigenvalue weighted by Crippen LogP contribution is 2.52. The highest BCUT2D eigenvalue weighted by Gasteiger charge is 2.58. The molecule has 2 aromatic rings. The first kappa shape index (κ1) is 21.4. The molecule has 0 fully saturated rings. The number of anilines is 1. The van der Waals surface area contributed by atoms with Crippen molar-refractivity contribution in [2.75, 3.05) is 4.90 Å². The Morgan fingerprint density at radius 3 is 2.31 bits per heavy atom.